The number of rotatable bonds is 7. The van der Waals surface area contributed by atoms with Crippen LogP contribution in [0.4, 0.5) is 5.82 Å². The van der Waals surface area contributed by atoms with E-state index in [-0.39, 0.29) is 5.91 Å². The molecule has 0 bridgehead atoms. The van der Waals surface area contributed by atoms with Gasteiger partial charge in [-0.25, -0.2) is 4.98 Å². The molecule has 0 saturated heterocycles. The molecule has 7 nitrogen and oxygen atoms in total. The van der Waals surface area contributed by atoms with E-state index < -0.39 is 0 Å². The van der Waals surface area contributed by atoms with Crippen LogP contribution in [0.25, 0.3) is 10.9 Å². The standard InChI is InChI=1S/C21H26ClN5O2/c1-14-10-19(26(4)24-14)21(28)27(8-9-29-5)13-16-11-15-6-7-17(22)12-18(15)23-20(16)25(2)3/h6-7,10-12H,8-9,13H2,1-5H3. The van der Waals surface area contributed by atoms with Gasteiger partial charge in [0, 0.05) is 57.3 Å². The Labute approximate surface area is 175 Å². The van der Waals surface area contributed by atoms with Crippen LogP contribution in [0, 0.1) is 6.92 Å². The highest BCUT2D eigenvalue weighted by atomic mass is 35.5. The Bertz CT molecular complexity index is 1030. The van der Waals surface area contributed by atoms with Gasteiger partial charge in [-0.15, -0.1) is 0 Å². The number of ether oxygens (including phenoxy) is 1. The largest absolute Gasteiger partial charge is 0.383 e. The number of carbonyl (C=O) groups excluding carboxylic acids is 1. The van der Waals surface area contributed by atoms with E-state index in [0.717, 1.165) is 28.0 Å². The first-order chi connectivity index (χ1) is 13.8. The number of fused-ring (bicyclic) bond motifs is 1. The van der Waals surface area contributed by atoms with Crippen molar-refractivity contribution in [3.8, 4) is 0 Å². The van der Waals surface area contributed by atoms with E-state index in [1.54, 1.807) is 29.8 Å². The van der Waals surface area contributed by atoms with Crippen molar-refractivity contribution in [2.24, 2.45) is 7.05 Å². The second-order valence-corrected chi connectivity index (χ2v) is 7.65. The van der Waals surface area contributed by atoms with Gasteiger partial charge in [0.05, 0.1) is 17.8 Å². The van der Waals surface area contributed by atoms with Crippen LogP contribution < -0.4 is 4.90 Å². The maximum Gasteiger partial charge on any atom is 0.272 e. The predicted molar refractivity (Wildman–Crippen MR) is 116 cm³/mol. The number of hydrogen-bond donors (Lipinski definition) is 0. The molecule has 0 aliphatic heterocycles. The molecule has 0 aliphatic carbocycles. The second-order valence-electron chi connectivity index (χ2n) is 7.22. The fourth-order valence-electron chi connectivity index (χ4n) is 3.31. The van der Waals surface area contributed by atoms with Crippen molar-refractivity contribution in [3.63, 3.8) is 0 Å². The van der Waals surface area contributed by atoms with E-state index in [1.165, 1.54) is 0 Å². The summed E-state index contributed by atoms with van der Waals surface area (Å²) in [7, 11) is 7.28. The molecule has 29 heavy (non-hydrogen) atoms. The van der Waals surface area contributed by atoms with E-state index in [9.17, 15) is 4.79 Å². The molecule has 3 rings (SSSR count). The van der Waals surface area contributed by atoms with Crippen molar-refractivity contribution >= 4 is 34.2 Å². The molecular weight excluding hydrogens is 390 g/mol. The van der Waals surface area contributed by atoms with Crippen LogP contribution in [0.15, 0.2) is 30.3 Å². The van der Waals surface area contributed by atoms with Crippen LogP contribution in [0.2, 0.25) is 5.02 Å². The summed E-state index contributed by atoms with van der Waals surface area (Å²) >= 11 is 6.13. The number of nitrogens with zero attached hydrogens (tertiary/aromatic N) is 5. The highest BCUT2D eigenvalue weighted by molar-refractivity contribution is 6.31. The van der Waals surface area contributed by atoms with Gasteiger partial charge in [-0.1, -0.05) is 17.7 Å². The Morgan fingerprint density at radius 3 is 2.62 bits per heavy atom. The molecule has 2 heterocycles. The van der Waals surface area contributed by atoms with E-state index >= 15 is 0 Å². The smallest absolute Gasteiger partial charge is 0.272 e. The van der Waals surface area contributed by atoms with Crippen molar-refractivity contribution in [2.75, 3.05) is 39.3 Å². The first kappa shape index (κ1) is 21.1. The molecule has 8 heteroatoms. The number of aryl methyl sites for hydroxylation is 2. The van der Waals surface area contributed by atoms with Crippen LogP contribution in [0.1, 0.15) is 21.7 Å². The second kappa shape index (κ2) is 8.80. The lowest BCUT2D eigenvalue weighted by atomic mass is 10.1. The summed E-state index contributed by atoms with van der Waals surface area (Å²) in [6.45, 7) is 3.19. The fourth-order valence-corrected chi connectivity index (χ4v) is 3.48. The lowest BCUT2D eigenvalue weighted by Crippen LogP contribution is -2.35. The van der Waals surface area contributed by atoms with E-state index in [4.69, 9.17) is 21.3 Å². The lowest BCUT2D eigenvalue weighted by Gasteiger charge is -2.25. The molecule has 0 unspecified atom stereocenters. The SMILES string of the molecule is COCCN(Cc1cc2ccc(Cl)cc2nc1N(C)C)C(=O)c1cc(C)nn1C. The molecule has 0 spiro atoms. The number of amides is 1. The van der Waals surface area contributed by atoms with Gasteiger partial charge >= 0.3 is 0 Å². The number of hydrogen-bond acceptors (Lipinski definition) is 5. The predicted octanol–water partition coefficient (Wildman–Crippen LogP) is 3.28. The maximum atomic E-state index is 13.2. The zero-order valence-corrected chi connectivity index (χ0v) is 18.2. The molecular formula is C21H26ClN5O2. The number of halogens is 1. The van der Waals surface area contributed by atoms with E-state index in [1.807, 2.05) is 44.1 Å². The van der Waals surface area contributed by atoms with Crippen molar-refractivity contribution in [3.05, 3.63) is 52.3 Å². The number of anilines is 1. The Morgan fingerprint density at radius 1 is 1.24 bits per heavy atom. The Kier molecular flexibility index (Phi) is 6.39. The summed E-state index contributed by atoms with van der Waals surface area (Å²) in [5.74, 6) is 0.710. The molecule has 154 valence electrons. The monoisotopic (exact) mass is 415 g/mol. The zero-order valence-electron chi connectivity index (χ0n) is 17.4. The quantitative estimate of drug-likeness (QED) is 0.592. The summed E-state index contributed by atoms with van der Waals surface area (Å²) < 4.78 is 6.85. The van der Waals surface area contributed by atoms with Gasteiger partial charge in [0.25, 0.3) is 5.91 Å². The molecule has 0 fully saturated rings. The topological polar surface area (TPSA) is 63.5 Å². The molecule has 2 aromatic heterocycles. The summed E-state index contributed by atoms with van der Waals surface area (Å²) in [4.78, 5) is 21.7. The summed E-state index contributed by atoms with van der Waals surface area (Å²) in [6.07, 6.45) is 0. The third-order valence-corrected chi connectivity index (χ3v) is 4.93. The summed E-state index contributed by atoms with van der Waals surface area (Å²) in [6, 6.07) is 9.50. The number of aromatic nitrogens is 3. The third-order valence-electron chi connectivity index (χ3n) is 4.69. The van der Waals surface area contributed by atoms with Crippen molar-refractivity contribution in [1.29, 1.82) is 0 Å². The van der Waals surface area contributed by atoms with Crippen LogP contribution in [-0.4, -0.2) is 59.9 Å². The normalized spacial score (nSPS) is 11.1. The van der Waals surface area contributed by atoms with E-state index in [0.29, 0.717) is 30.4 Å². The van der Waals surface area contributed by atoms with Crippen LogP contribution in [0.3, 0.4) is 0 Å². The third kappa shape index (κ3) is 4.68. The Morgan fingerprint density at radius 2 is 2.00 bits per heavy atom. The van der Waals surface area contributed by atoms with Crippen LogP contribution in [-0.2, 0) is 18.3 Å². The number of benzene rings is 1. The van der Waals surface area contributed by atoms with Crippen molar-refractivity contribution in [2.45, 2.75) is 13.5 Å². The van der Waals surface area contributed by atoms with Gasteiger partial charge in [-0.05, 0) is 31.2 Å². The minimum Gasteiger partial charge on any atom is -0.383 e. The first-order valence-electron chi connectivity index (χ1n) is 9.35. The average molecular weight is 416 g/mol. The Hall–Kier alpha value is -2.64. The zero-order chi connectivity index (χ0) is 21.1. The van der Waals surface area contributed by atoms with Gasteiger partial charge in [0.2, 0.25) is 0 Å². The molecule has 0 N–H and O–H groups in total. The summed E-state index contributed by atoms with van der Waals surface area (Å²) in [5, 5.41) is 5.92. The molecule has 0 atom stereocenters. The van der Waals surface area contributed by atoms with Crippen LogP contribution >= 0.6 is 11.6 Å². The van der Waals surface area contributed by atoms with Gasteiger partial charge in [0.1, 0.15) is 11.5 Å². The number of carbonyl (C=O) groups is 1. The van der Waals surface area contributed by atoms with E-state index in [2.05, 4.69) is 11.2 Å². The molecule has 3 aromatic rings. The molecule has 1 aromatic carbocycles. The minimum atomic E-state index is -0.0916. The number of methoxy groups -OCH3 is 1. The highest BCUT2D eigenvalue weighted by Crippen LogP contribution is 2.26. The Balaban J connectivity index is 2.01. The van der Waals surface area contributed by atoms with Crippen molar-refractivity contribution in [1.82, 2.24) is 19.7 Å². The van der Waals surface area contributed by atoms with Gasteiger partial charge in [-0.3, -0.25) is 9.48 Å². The lowest BCUT2D eigenvalue weighted by molar-refractivity contribution is 0.0670. The first-order valence-corrected chi connectivity index (χ1v) is 9.73. The van der Waals surface area contributed by atoms with Crippen LogP contribution in [0.5, 0.6) is 0 Å². The van der Waals surface area contributed by atoms with Crippen molar-refractivity contribution < 1.29 is 9.53 Å². The van der Waals surface area contributed by atoms with Gasteiger partial charge in [0.15, 0.2) is 0 Å². The molecule has 1 amide bonds. The molecule has 0 aliphatic rings. The fraction of sp³-hybridized carbons (Fsp3) is 0.381. The maximum absolute atomic E-state index is 13.2. The summed E-state index contributed by atoms with van der Waals surface area (Å²) in [5.41, 5.74) is 3.13. The highest BCUT2D eigenvalue weighted by Gasteiger charge is 2.22. The van der Waals surface area contributed by atoms with Gasteiger partial charge < -0.3 is 14.5 Å². The molecule has 0 saturated carbocycles. The minimum absolute atomic E-state index is 0.0916. The average Bonchev–Trinajstić information content (AvgIpc) is 3.01. The molecule has 0 radical (unpaired) electrons. The van der Waals surface area contributed by atoms with Gasteiger partial charge in [-0.2, -0.15) is 5.10 Å². The number of pyridine rings is 1.